The number of morpholine rings is 1. The number of fused-ring (bicyclic) bond motifs is 1. The van der Waals surface area contributed by atoms with E-state index in [1.165, 1.54) is 12.8 Å². The van der Waals surface area contributed by atoms with Crippen LogP contribution < -0.4 is 0 Å². The first-order valence-corrected chi connectivity index (χ1v) is 7.30. The zero-order valence-electron chi connectivity index (χ0n) is 10.9. The minimum Gasteiger partial charge on any atom is -0.481 e. The predicted molar refractivity (Wildman–Crippen MR) is 67.5 cm³/mol. The van der Waals surface area contributed by atoms with Crippen molar-refractivity contribution in [1.82, 2.24) is 4.90 Å². The van der Waals surface area contributed by atoms with Gasteiger partial charge >= 0.3 is 5.97 Å². The molecule has 0 radical (unpaired) electrons. The average molecular weight is 253 g/mol. The topological polar surface area (TPSA) is 49.8 Å². The second kappa shape index (κ2) is 4.82. The fourth-order valence-corrected chi connectivity index (χ4v) is 4.08. The summed E-state index contributed by atoms with van der Waals surface area (Å²) >= 11 is 0. The summed E-state index contributed by atoms with van der Waals surface area (Å²) in [5, 5.41) is 9.58. The van der Waals surface area contributed by atoms with Crippen LogP contribution in [0, 0.1) is 5.41 Å². The summed E-state index contributed by atoms with van der Waals surface area (Å²) in [6.45, 7) is 2.43. The van der Waals surface area contributed by atoms with Crippen molar-refractivity contribution in [3.63, 3.8) is 0 Å². The SMILES string of the molecule is O=C(O)C1(CN2CCOC3CCCC32)CCCC1. The third-order valence-electron chi connectivity index (χ3n) is 5.12. The highest BCUT2D eigenvalue weighted by molar-refractivity contribution is 5.75. The summed E-state index contributed by atoms with van der Waals surface area (Å²) < 4.78 is 5.80. The number of carboxylic acid groups (broad SMARTS) is 1. The molecule has 0 bridgehead atoms. The molecular formula is C14H23NO3. The van der Waals surface area contributed by atoms with Gasteiger partial charge in [0.05, 0.1) is 18.1 Å². The molecule has 1 N–H and O–H groups in total. The number of nitrogens with zero attached hydrogens (tertiary/aromatic N) is 1. The molecule has 3 aliphatic rings. The minimum absolute atomic E-state index is 0.367. The molecule has 0 aromatic carbocycles. The standard InChI is InChI=1S/C14H23NO3/c16-13(17)14(6-1-2-7-14)10-15-8-9-18-12-5-3-4-11(12)15/h11-12H,1-10H2,(H,16,17). The summed E-state index contributed by atoms with van der Waals surface area (Å²) in [7, 11) is 0. The van der Waals surface area contributed by atoms with Gasteiger partial charge in [0, 0.05) is 19.1 Å². The maximum Gasteiger partial charge on any atom is 0.310 e. The Bertz CT molecular complexity index is 325. The molecule has 2 saturated carbocycles. The van der Waals surface area contributed by atoms with Crippen molar-refractivity contribution in [2.24, 2.45) is 5.41 Å². The van der Waals surface area contributed by atoms with Gasteiger partial charge in [0.25, 0.3) is 0 Å². The highest BCUT2D eigenvalue weighted by atomic mass is 16.5. The summed E-state index contributed by atoms with van der Waals surface area (Å²) in [5.41, 5.74) is -0.468. The van der Waals surface area contributed by atoms with Gasteiger partial charge in [0.2, 0.25) is 0 Å². The minimum atomic E-state index is -0.582. The van der Waals surface area contributed by atoms with Crippen LogP contribution in [0.3, 0.4) is 0 Å². The monoisotopic (exact) mass is 253 g/mol. The van der Waals surface area contributed by atoms with Crippen molar-refractivity contribution in [3.05, 3.63) is 0 Å². The van der Waals surface area contributed by atoms with Crippen LogP contribution in [0.2, 0.25) is 0 Å². The summed E-state index contributed by atoms with van der Waals surface area (Å²) in [6.07, 6.45) is 7.79. The van der Waals surface area contributed by atoms with Crippen molar-refractivity contribution in [3.8, 4) is 0 Å². The van der Waals surface area contributed by atoms with Gasteiger partial charge < -0.3 is 9.84 Å². The Labute approximate surface area is 108 Å². The van der Waals surface area contributed by atoms with Gasteiger partial charge in [-0.15, -0.1) is 0 Å². The van der Waals surface area contributed by atoms with Gasteiger partial charge in [-0.25, -0.2) is 0 Å². The molecule has 0 amide bonds. The summed E-state index contributed by atoms with van der Waals surface area (Å²) in [4.78, 5) is 14.0. The lowest BCUT2D eigenvalue weighted by molar-refractivity contribution is -0.152. The zero-order valence-corrected chi connectivity index (χ0v) is 10.9. The molecule has 0 spiro atoms. The van der Waals surface area contributed by atoms with Crippen molar-refractivity contribution in [2.75, 3.05) is 19.7 Å². The molecule has 2 aliphatic carbocycles. The molecule has 18 heavy (non-hydrogen) atoms. The van der Waals surface area contributed by atoms with Crippen LogP contribution in [0.25, 0.3) is 0 Å². The van der Waals surface area contributed by atoms with Crippen LogP contribution in [0.4, 0.5) is 0 Å². The van der Waals surface area contributed by atoms with E-state index in [0.717, 1.165) is 51.8 Å². The first-order chi connectivity index (χ1) is 8.71. The fourth-order valence-electron chi connectivity index (χ4n) is 4.08. The third-order valence-corrected chi connectivity index (χ3v) is 5.12. The zero-order chi connectivity index (χ0) is 12.6. The molecule has 1 saturated heterocycles. The Morgan fingerprint density at radius 3 is 2.78 bits per heavy atom. The van der Waals surface area contributed by atoms with Crippen LogP contribution in [-0.4, -0.2) is 47.8 Å². The molecule has 3 rings (SSSR count). The van der Waals surface area contributed by atoms with E-state index in [0.29, 0.717) is 12.1 Å². The average Bonchev–Trinajstić information content (AvgIpc) is 2.98. The normalized spacial score (nSPS) is 35.6. The quantitative estimate of drug-likeness (QED) is 0.834. The number of carbonyl (C=O) groups is 1. The first-order valence-electron chi connectivity index (χ1n) is 7.30. The number of hydrogen-bond acceptors (Lipinski definition) is 3. The fraction of sp³-hybridized carbons (Fsp3) is 0.929. The lowest BCUT2D eigenvalue weighted by Gasteiger charge is -2.41. The largest absolute Gasteiger partial charge is 0.481 e. The van der Waals surface area contributed by atoms with Crippen LogP contribution in [0.15, 0.2) is 0 Å². The molecular weight excluding hydrogens is 230 g/mol. The smallest absolute Gasteiger partial charge is 0.310 e. The Morgan fingerprint density at radius 1 is 1.28 bits per heavy atom. The number of aliphatic carboxylic acids is 1. The van der Waals surface area contributed by atoms with E-state index in [4.69, 9.17) is 4.74 Å². The van der Waals surface area contributed by atoms with E-state index in [-0.39, 0.29) is 0 Å². The van der Waals surface area contributed by atoms with Gasteiger partial charge in [-0.05, 0) is 32.1 Å². The van der Waals surface area contributed by atoms with Crippen LogP contribution in [0.5, 0.6) is 0 Å². The van der Waals surface area contributed by atoms with Crippen molar-refractivity contribution in [1.29, 1.82) is 0 Å². The maximum absolute atomic E-state index is 11.6. The first kappa shape index (κ1) is 12.4. The van der Waals surface area contributed by atoms with Gasteiger partial charge in [-0.2, -0.15) is 0 Å². The molecule has 1 heterocycles. The maximum atomic E-state index is 11.6. The number of ether oxygens (including phenoxy) is 1. The van der Waals surface area contributed by atoms with Gasteiger partial charge in [0.1, 0.15) is 0 Å². The lowest BCUT2D eigenvalue weighted by atomic mass is 9.85. The van der Waals surface area contributed by atoms with Gasteiger partial charge in [-0.1, -0.05) is 12.8 Å². The van der Waals surface area contributed by atoms with Crippen molar-refractivity contribution >= 4 is 5.97 Å². The predicted octanol–water partition coefficient (Wildman–Crippen LogP) is 1.88. The molecule has 4 nitrogen and oxygen atoms in total. The Kier molecular flexibility index (Phi) is 3.32. The van der Waals surface area contributed by atoms with E-state index < -0.39 is 11.4 Å². The van der Waals surface area contributed by atoms with Gasteiger partial charge in [0.15, 0.2) is 0 Å². The summed E-state index contributed by atoms with van der Waals surface area (Å²) in [5.74, 6) is -0.582. The lowest BCUT2D eigenvalue weighted by Crippen LogP contribution is -2.53. The molecule has 3 fully saturated rings. The van der Waals surface area contributed by atoms with Crippen LogP contribution >= 0.6 is 0 Å². The Morgan fingerprint density at radius 2 is 2.06 bits per heavy atom. The van der Waals surface area contributed by atoms with E-state index in [9.17, 15) is 9.90 Å². The van der Waals surface area contributed by atoms with Crippen molar-refractivity contribution in [2.45, 2.75) is 57.1 Å². The molecule has 0 aromatic rings. The summed E-state index contributed by atoms with van der Waals surface area (Å²) in [6, 6.07) is 0.482. The molecule has 2 unspecified atom stereocenters. The number of hydrogen-bond donors (Lipinski definition) is 1. The molecule has 102 valence electrons. The second-order valence-corrected chi connectivity index (χ2v) is 6.17. The molecule has 4 heteroatoms. The van der Waals surface area contributed by atoms with Crippen LogP contribution in [0.1, 0.15) is 44.9 Å². The Balaban J connectivity index is 1.72. The van der Waals surface area contributed by atoms with Gasteiger partial charge in [-0.3, -0.25) is 9.69 Å². The highest BCUT2D eigenvalue weighted by Gasteiger charge is 2.46. The number of carboxylic acids is 1. The molecule has 0 aromatic heterocycles. The highest BCUT2D eigenvalue weighted by Crippen LogP contribution is 2.41. The Hall–Kier alpha value is -0.610. The van der Waals surface area contributed by atoms with E-state index in [2.05, 4.69) is 4.90 Å². The molecule has 1 aliphatic heterocycles. The van der Waals surface area contributed by atoms with Crippen molar-refractivity contribution < 1.29 is 14.6 Å². The van der Waals surface area contributed by atoms with Crippen LogP contribution in [-0.2, 0) is 9.53 Å². The second-order valence-electron chi connectivity index (χ2n) is 6.17. The van der Waals surface area contributed by atoms with E-state index >= 15 is 0 Å². The number of rotatable bonds is 3. The molecule has 2 atom stereocenters. The van der Waals surface area contributed by atoms with E-state index in [1.54, 1.807) is 0 Å². The van der Waals surface area contributed by atoms with E-state index in [1.807, 2.05) is 0 Å². The third kappa shape index (κ3) is 2.05.